The van der Waals surface area contributed by atoms with Crippen molar-refractivity contribution in [3.8, 4) is 0 Å². The molecule has 1 N–H and O–H groups in total. The molecule has 4 nitrogen and oxygen atoms in total. The summed E-state index contributed by atoms with van der Waals surface area (Å²) in [6.45, 7) is 7.06. The summed E-state index contributed by atoms with van der Waals surface area (Å²) in [6.07, 6.45) is 8.69. The second-order valence-electron chi connectivity index (χ2n) is 7.32. The summed E-state index contributed by atoms with van der Waals surface area (Å²) in [6, 6.07) is 0.588. The molecule has 2 atom stereocenters. The van der Waals surface area contributed by atoms with E-state index in [-0.39, 0.29) is 0 Å². The first-order chi connectivity index (χ1) is 9.29. The summed E-state index contributed by atoms with van der Waals surface area (Å²) >= 11 is 0. The average molecular weight is 302 g/mol. The first kappa shape index (κ1) is 16.2. The van der Waals surface area contributed by atoms with Gasteiger partial charge in [-0.2, -0.15) is 0 Å². The lowest BCUT2D eigenvalue weighted by Crippen LogP contribution is -2.48. The van der Waals surface area contributed by atoms with Crippen molar-refractivity contribution in [3.05, 3.63) is 0 Å². The molecule has 1 aliphatic heterocycles. The highest BCUT2D eigenvalue weighted by molar-refractivity contribution is 7.88. The van der Waals surface area contributed by atoms with Gasteiger partial charge >= 0.3 is 0 Å². The van der Waals surface area contributed by atoms with Gasteiger partial charge in [-0.25, -0.2) is 12.7 Å². The minimum absolute atomic E-state index is 0.378. The SMILES string of the molecule is CC1(C)CCCCC1NCC1CCCN(S(C)(=O)=O)C1. The van der Waals surface area contributed by atoms with Gasteiger partial charge in [-0.3, -0.25) is 0 Å². The molecule has 2 rings (SSSR count). The van der Waals surface area contributed by atoms with Crippen LogP contribution in [0.25, 0.3) is 0 Å². The number of hydrogen-bond acceptors (Lipinski definition) is 3. The molecule has 1 aliphatic carbocycles. The van der Waals surface area contributed by atoms with E-state index in [0.29, 0.717) is 30.5 Å². The molecule has 0 spiro atoms. The fraction of sp³-hybridized carbons (Fsp3) is 1.00. The highest BCUT2D eigenvalue weighted by atomic mass is 32.2. The zero-order chi connectivity index (χ0) is 14.8. The van der Waals surface area contributed by atoms with Gasteiger partial charge in [-0.05, 0) is 43.6 Å². The molecule has 0 aromatic carbocycles. The number of rotatable bonds is 4. The van der Waals surface area contributed by atoms with E-state index in [2.05, 4.69) is 19.2 Å². The summed E-state index contributed by atoms with van der Waals surface area (Å²) in [5.74, 6) is 0.469. The molecule has 1 saturated carbocycles. The number of piperidine rings is 1. The van der Waals surface area contributed by atoms with Crippen molar-refractivity contribution in [1.29, 1.82) is 0 Å². The molecule has 0 amide bonds. The lowest BCUT2D eigenvalue weighted by Gasteiger charge is -2.40. The first-order valence-electron chi connectivity index (χ1n) is 7.97. The van der Waals surface area contributed by atoms with E-state index in [9.17, 15) is 8.42 Å². The van der Waals surface area contributed by atoms with Crippen molar-refractivity contribution in [2.24, 2.45) is 11.3 Å². The quantitative estimate of drug-likeness (QED) is 0.866. The number of nitrogens with one attached hydrogen (secondary N) is 1. The summed E-state index contributed by atoms with van der Waals surface area (Å²) in [4.78, 5) is 0. The largest absolute Gasteiger partial charge is 0.313 e. The van der Waals surface area contributed by atoms with E-state index in [4.69, 9.17) is 0 Å². The number of nitrogens with zero attached hydrogens (tertiary/aromatic N) is 1. The maximum atomic E-state index is 11.6. The molecule has 0 radical (unpaired) electrons. The molecule has 1 heterocycles. The molecule has 20 heavy (non-hydrogen) atoms. The Morgan fingerprint density at radius 1 is 1.20 bits per heavy atom. The van der Waals surface area contributed by atoms with Crippen LogP contribution in [-0.4, -0.2) is 44.7 Å². The first-order valence-corrected chi connectivity index (χ1v) is 9.82. The summed E-state index contributed by atoms with van der Waals surface area (Å²) < 4.78 is 24.9. The van der Waals surface area contributed by atoms with Gasteiger partial charge in [0, 0.05) is 19.1 Å². The maximum Gasteiger partial charge on any atom is 0.211 e. The predicted molar refractivity (Wildman–Crippen MR) is 83.2 cm³/mol. The van der Waals surface area contributed by atoms with Crippen LogP contribution in [0.1, 0.15) is 52.4 Å². The van der Waals surface area contributed by atoms with Gasteiger partial charge in [0.25, 0.3) is 0 Å². The van der Waals surface area contributed by atoms with Crippen LogP contribution in [0.3, 0.4) is 0 Å². The van der Waals surface area contributed by atoms with E-state index in [0.717, 1.165) is 19.4 Å². The topological polar surface area (TPSA) is 49.4 Å². The van der Waals surface area contributed by atoms with Crippen LogP contribution in [0.5, 0.6) is 0 Å². The number of hydrogen-bond donors (Lipinski definition) is 1. The molecule has 118 valence electrons. The van der Waals surface area contributed by atoms with Crippen molar-refractivity contribution in [2.75, 3.05) is 25.9 Å². The fourth-order valence-corrected chi connectivity index (χ4v) is 4.62. The predicted octanol–water partition coefficient (Wildman–Crippen LogP) is 2.22. The fourth-order valence-electron chi connectivity index (χ4n) is 3.68. The molecule has 0 aromatic heterocycles. The Kier molecular flexibility index (Phi) is 5.14. The Morgan fingerprint density at radius 2 is 1.95 bits per heavy atom. The van der Waals surface area contributed by atoms with Crippen LogP contribution in [0.2, 0.25) is 0 Å². The van der Waals surface area contributed by atoms with Crippen LogP contribution in [0, 0.1) is 11.3 Å². The average Bonchev–Trinajstić information content (AvgIpc) is 2.36. The lowest BCUT2D eigenvalue weighted by molar-refractivity contribution is 0.154. The van der Waals surface area contributed by atoms with E-state index in [1.54, 1.807) is 4.31 Å². The summed E-state index contributed by atoms with van der Waals surface area (Å²) in [7, 11) is -3.02. The zero-order valence-corrected chi connectivity index (χ0v) is 14.0. The van der Waals surface area contributed by atoms with Gasteiger partial charge in [0.1, 0.15) is 0 Å². The van der Waals surface area contributed by atoms with Gasteiger partial charge in [-0.1, -0.05) is 26.7 Å². The minimum Gasteiger partial charge on any atom is -0.313 e. The van der Waals surface area contributed by atoms with E-state index in [1.807, 2.05) is 0 Å². The van der Waals surface area contributed by atoms with Crippen molar-refractivity contribution in [1.82, 2.24) is 9.62 Å². The van der Waals surface area contributed by atoms with Gasteiger partial charge in [-0.15, -0.1) is 0 Å². The van der Waals surface area contributed by atoms with Crippen molar-refractivity contribution in [3.63, 3.8) is 0 Å². The molecule has 2 fully saturated rings. The second kappa shape index (κ2) is 6.32. The number of sulfonamides is 1. The standard InChI is InChI=1S/C15H30N2O2S/c1-15(2)9-5-4-8-14(15)16-11-13-7-6-10-17(12-13)20(3,18)19/h13-14,16H,4-12H2,1-3H3. The zero-order valence-electron chi connectivity index (χ0n) is 13.2. The van der Waals surface area contributed by atoms with Gasteiger partial charge < -0.3 is 5.32 Å². The van der Waals surface area contributed by atoms with Gasteiger partial charge in [0.05, 0.1) is 6.26 Å². The Labute approximate surface area is 124 Å². The van der Waals surface area contributed by atoms with Gasteiger partial charge in [0.2, 0.25) is 10.0 Å². The van der Waals surface area contributed by atoms with Crippen molar-refractivity contribution < 1.29 is 8.42 Å². The highest BCUT2D eigenvalue weighted by Crippen LogP contribution is 2.35. The Bertz CT molecular complexity index is 420. The molecule has 1 saturated heterocycles. The Balaban J connectivity index is 1.84. The van der Waals surface area contributed by atoms with Crippen molar-refractivity contribution in [2.45, 2.75) is 58.4 Å². The second-order valence-corrected chi connectivity index (χ2v) is 9.31. The molecule has 2 unspecified atom stereocenters. The summed E-state index contributed by atoms with van der Waals surface area (Å²) in [5.41, 5.74) is 0.378. The van der Waals surface area contributed by atoms with E-state index >= 15 is 0 Å². The Hall–Kier alpha value is -0.130. The third-order valence-electron chi connectivity index (χ3n) is 5.11. The van der Waals surface area contributed by atoms with Crippen LogP contribution in [-0.2, 0) is 10.0 Å². The maximum absolute atomic E-state index is 11.6. The molecule has 0 bridgehead atoms. The Morgan fingerprint density at radius 3 is 2.60 bits per heavy atom. The van der Waals surface area contributed by atoms with Crippen LogP contribution < -0.4 is 5.32 Å². The third-order valence-corrected chi connectivity index (χ3v) is 6.38. The van der Waals surface area contributed by atoms with Crippen molar-refractivity contribution >= 4 is 10.0 Å². The molecular weight excluding hydrogens is 272 g/mol. The molecule has 2 aliphatic rings. The normalized spacial score (nSPS) is 32.1. The van der Waals surface area contributed by atoms with E-state index in [1.165, 1.54) is 31.9 Å². The van der Waals surface area contributed by atoms with Crippen LogP contribution in [0.4, 0.5) is 0 Å². The molecule has 5 heteroatoms. The monoisotopic (exact) mass is 302 g/mol. The smallest absolute Gasteiger partial charge is 0.211 e. The lowest BCUT2D eigenvalue weighted by atomic mass is 9.73. The highest BCUT2D eigenvalue weighted by Gasteiger charge is 2.33. The summed E-state index contributed by atoms with van der Waals surface area (Å²) in [5, 5.41) is 3.73. The minimum atomic E-state index is -3.02. The molecule has 0 aromatic rings. The van der Waals surface area contributed by atoms with Crippen LogP contribution in [0.15, 0.2) is 0 Å². The van der Waals surface area contributed by atoms with Crippen LogP contribution >= 0.6 is 0 Å². The van der Waals surface area contributed by atoms with E-state index < -0.39 is 10.0 Å². The molecular formula is C15H30N2O2S. The third kappa shape index (κ3) is 4.18. The van der Waals surface area contributed by atoms with Gasteiger partial charge in [0.15, 0.2) is 0 Å².